The molecule has 1 saturated heterocycles. The highest BCUT2D eigenvalue weighted by molar-refractivity contribution is 5.97. The van der Waals surface area contributed by atoms with E-state index in [0.29, 0.717) is 38.0 Å². The van der Waals surface area contributed by atoms with Crippen LogP contribution in [0.5, 0.6) is 0 Å². The van der Waals surface area contributed by atoms with E-state index in [9.17, 15) is 18.8 Å². The van der Waals surface area contributed by atoms with Gasteiger partial charge in [-0.05, 0) is 48.9 Å². The van der Waals surface area contributed by atoms with Crippen molar-refractivity contribution in [1.82, 2.24) is 15.5 Å². The van der Waals surface area contributed by atoms with Gasteiger partial charge < -0.3 is 15.5 Å². The minimum Gasteiger partial charge on any atom is -0.354 e. The molecule has 170 valence electrons. The molecule has 1 atom stereocenters. The van der Waals surface area contributed by atoms with Crippen LogP contribution >= 0.6 is 0 Å². The number of carbonyl (C=O) groups excluding carboxylic acids is 3. The van der Waals surface area contributed by atoms with Gasteiger partial charge in [0.25, 0.3) is 11.8 Å². The minimum absolute atomic E-state index is 0.0505. The largest absolute Gasteiger partial charge is 0.354 e. The van der Waals surface area contributed by atoms with Crippen molar-refractivity contribution < 1.29 is 18.8 Å². The summed E-state index contributed by atoms with van der Waals surface area (Å²) in [6, 6.07) is 14.0. The summed E-state index contributed by atoms with van der Waals surface area (Å²) >= 11 is 0. The molecule has 3 amide bonds. The SMILES string of the molecule is CC(C)CNC(=O)C(NC(=O)c1ccccc1)C1CCN(C(=O)c2ccccc2F)CC1. The number of piperidine rings is 1. The Morgan fingerprint density at radius 3 is 2.25 bits per heavy atom. The van der Waals surface area contributed by atoms with Crippen molar-refractivity contribution in [2.45, 2.75) is 32.7 Å². The Morgan fingerprint density at radius 1 is 1.00 bits per heavy atom. The highest BCUT2D eigenvalue weighted by Gasteiger charge is 2.34. The lowest BCUT2D eigenvalue weighted by Gasteiger charge is -2.36. The second-order valence-electron chi connectivity index (χ2n) is 8.57. The van der Waals surface area contributed by atoms with Crippen molar-refractivity contribution >= 4 is 17.7 Å². The lowest BCUT2D eigenvalue weighted by Crippen LogP contribution is -2.54. The van der Waals surface area contributed by atoms with Gasteiger partial charge in [-0.2, -0.15) is 0 Å². The number of carbonyl (C=O) groups is 3. The zero-order valence-electron chi connectivity index (χ0n) is 18.5. The number of hydrogen-bond donors (Lipinski definition) is 2. The van der Waals surface area contributed by atoms with Gasteiger partial charge >= 0.3 is 0 Å². The lowest BCUT2D eigenvalue weighted by molar-refractivity contribution is -0.124. The summed E-state index contributed by atoms with van der Waals surface area (Å²) in [5, 5.41) is 5.82. The topological polar surface area (TPSA) is 78.5 Å². The molecule has 32 heavy (non-hydrogen) atoms. The van der Waals surface area contributed by atoms with Crippen LogP contribution in [0.1, 0.15) is 47.4 Å². The van der Waals surface area contributed by atoms with Crippen molar-refractivity contribution in [3.63, 3.8) is 0 Å². The number of likely N-dealkylation sites (tertiary alicyclic amines) is 1. The van der Waals surface area contributed by atoms with Gasteiger partial charge in [-0.15, -0.1) is 0 Å². The van der Waals surface area contributed by atoms with Crippen molar-refractivity contribution in [3.8, 4) is 0 Å². The van der Waals surface area contributed by atoms with E-state index in [1.165, 1.54) is 12.1 Å². The standard InChI is InChI=1S/C25H30FN3O3/c1-17(2)16-27-24(31)22(28-23(30)19-8-4-3-5-9-19)18-12-14-29(15-13-18)25(32)20-10-6-7-11-21(20)26/h3-11,17-18,22H,12-16H2,1-2H3,(H,27,31)(H,28,30). The quantitative estimate of drug-likeness (QED) is 0.695. The van der Waals surface area contributed by atoms with Gasteiger partial charge in [0.15, 0.2) is 0 Å². The van der Waals surface area contributed by atoms with Crippen molar-refractivity contribution in [2.75, 3.05) is 19.6 Å². The van der Waals surface area contributed by atoms with E-state index in [-0.39, 0.29) is 35.1 Å². The van der Waals surface area contributed by atoms with E-state index in [2.05, 4.69) is 10.6 Å². The number of nitrogens with zero attached hydrogens (tertiary/aromatic N) is 1. The summed E-state index contributed by atoms with van der Waals surface area (Å²) in [5.74, 6) is -1.26. The number of nitrogens with one attached hydrogen (secondary N) is 2. The van der Waals surface area contributed by atoms with Crippen LogP contribution in [0.2, 0.25) is 0 Å². The number of rotatable bonds is 7. The minimum atomic E-state index is -0.702. The van der Waals surface area contributed by atoms with Crippen LogP contribution in [-0.4, -0.2) is 48.3 Å². The fourth-order valence-corrected chi connectivity index (χ4v) is 3.87. The summed E-state index contributed by atoms with van der Waals surface area (Å²) in [6.07, 6.45) is 1.07. The van der Waals surface area contributed by atoms with Crippen LogP contribution in [0.15, 0.2) is 54.6 Å². The maximum atomic E-state index is 14.0. The molecular formula is C25H30FN3O3. The molecule has 1 heterocycles. The van der Waals surface area contributed by atoms with Crippen molar-refractivity contribution in [3.05, 3.63) is 71.5 Å². The molecule has 2 N–H and O–H groups in total. The number of amides is 3. The summed E-state index contributed by atoms with van der Waals surface area (Å²) in [4.78, 5) is 40.0. The molecule has 0 radical (unpaired) electrons. The first-order valence-corrected chi connectivity index (χ1v) is 11.0. The van der Waals surface area contributed by atoms with Gasteiger partial charge in [0.2, 0.25) is 5.91 Å². The summed E-state index contributed by atoms with van der Waals surface area (Å²) < 4.78 is 14.0. The first-order valence-electron chi connectivity index (χ1n) is 11.0. The zero-order valence-corrected chi connectivity index (χ0v) is 18.5. The lowest BCUT2D eigenvalue weighted by atomic mass is 9.88. The maximum Gasteiger partial charge on any atom is 0.256 e. The van der Waals surface area contributed by atoms with Crippen LogP contribution < -0.4 is 10.6 Å². The predicted molar refractivity (Wildman–Crippen MR) is 121 cm³/mol. The molecule has 0 spiro atoms. The highest BCUT2D eigenvalue weighted by Crippen LogP contribution is 2.23. The average Bonchev–Trinajstić information content (AvgIpc) is 2.81. The van der Waals surface area contributed by atoms with Gasteiger partial charge in [-0.1, -0.05) is 44.2 Å². The van der Waals surface area contributed by atoms with Crippen molar-refractivity contribution in [1.29, 1.82) is 0 Å². The Hall–Kier alpha value is -3.22. The average molecular weight is 440 g/mol. The van der Waals surface area contributed by atoms with E-state index >= 15 is 0 Å². The molecule has 1 fully saturated rings. The second kappa shape index (κ2) is 10.9. The molecular weight excluding hydrogens is 409 g/mol. The van der Waals surface area contributed by atoms with Gasteiger partial charge in [0.05, 0.1) is 5.56 Å². The summed E-state index contributed by atoms with van der Waals surface area (Å²) in [5.41, 5.74) is 0.538. The summed E-state index contributed by atoms with van der Waals surface area (Å²) in [7, 11) is 0. The number of halogens is 1. The third-order valence-corrected chi connectivity index (χ3v) is 5.69. The normalized spacial score (nSPS) is 15.3. The monoisotopic (exact) mass is 439 g/mol. The third kappa shape index (κ3) is 5.93. The van der Waals surface area contributed by atoms with Gasteiger partial charge in [0, 0.05) is 25.2 Å². The maximum absolute atomic E-state index is 14.0. The fraction of sp³-hybridized carbons (Fsp3) is 0.400. The predicted octanol–water partition coefficient (Wildman–Crippen LogP) is 3.25. The van der Waals surface area contributed by atoms with Gasteiger partial charge in [0.1, 0.15) is 11.9 Å². The molecule has 7 heteroatoms. The Kier molecular flexibility index (Phi) is 7.98. The molecule has 3 rings (SSSR count). The number of hydrogen-bond acceptors (Lipinski definition) is 3. The second-order valence-corrected chi connectivity index (χ2v) is 8.57. The first kappa shape index (κ1) is 23.4. The van der Waals surface area contributed by atoms with Crippen LogP contribution in [0.25, 0.3) is 0 Å². The molecule has 6 nitrogen and oxygen atoms in total. The Bertz CT molecular complexity index is 940. The van der Waals surface area contributed by atoms with Crippen LogP contribution in [-0.2, 0) is 4.79 Å². The Balaban J connectivity index is 1.68. The van der Waals surface area contributed by atoms with Gasteiger partial charge in [-0.25, -0.2) is 4.39 Å². The van der Waals surface area contributed by atoms with Crippen LogP contribution in [0.4, 0.5) is 4.39 Å². The molecule has 1 unspecified atom stereocenters. The van der Waals surface area contributed by atoms with E-state index in [1.807, 2.05) is 19.9 Å². The molecule has 0 bridgehead atoms. The van der Waals surface area contributed by atoms with E-state index in [0.717, 1.165) is 0 Å². The van der Waals surface area contributed by atoms with E-state index < -0.39 is 11.9 Å². The molecule has 1 aliphatic heterocycles. The summed E-state index contributed by atoms with van der Waals surface area (Å²) in [6.45, 7) is 5.32. The van der Waals surface area contributed by atoms with Crippen LogP contribution in [0, 0.1) is 17.7 Å². The third-order valence-electron chi connectivity index (χ3n) is 5.69. The smallest absolute Gasteiger partial charge is 0.256 e. The van der Waals surface area contributed by atoms with Crippen molar-refractivity contribution in [2.24, 2.45) is 11.8 Å². The molecule has 1 aliphatic rings. The Labute approximate surface area is 188 Å². The number of benzene rings is 2. The first-order chi connectivity index (χ1) is 15.4. The fourth-order valence-electron chi connectivity index (χ4n) is 3.87. The van der Waals surface area contributed by atoms with E-state index in [1.54, 1.807) is 41.3 Å². The molecule has 0 aliphatic carbocycles. The molecule has 2 aromatic carbocycles. The molecule has 0 aromatic heterocycles. The molecule has 0 saturated carbocycles. The Morgan fingerprint density at radius 2 is 1.62 bits per heavy atom. The zero-order chi connectivity index (χ0) is 23.1. The van der Waals surface area contributed by atoms with Crippen LogP contribution in [0.3, 0.4) is 0 Å². The van der Waals surface area contributed by atoms with E-state index in [4.69, 9.17) is 0 Å². The molecule has 2 aromatic rings. The van der Waals surface area contributed by atoms with Gasteiger partial charge in [-0.3, -0.25) is 14.4 Å². The highest BCUT2D eigenvalue weighted by atomic mass is 19.1.